The zero-order valence-electron chi connectivity index (χ0n) is 15.6. The Labute approximate surface area is 165 Å². The first-order chi connectivity index (χ1) is 12.5. The number of benzene rings is 1. The number of nitrogens with one attached hydrogen (secondary N) is 1. The predicted octanol–water partition coefficient (Wildman–Crippen LogP) is 2.54. The van der Waals surface area contributed by atoms with E-state index in [0.717, 1.165) is 52.1 Å². The van der Waals surface area contributed by atoms with E-state index in [1.807, 2.05) is 4.90 Å². The molecule has 0 bridgehead atoms. The molecule has 1 aromatic rings. The van der Waals surface area contributed by atoms with Gasteiger partial charge in [0.15, 0.2) is 0 Å². The molecule has 4 rings (SSSR count). The Bertz CT molecular complexity index is 709. The lowest BCUT2D eigenvalue weighted by Crippen LogP contribution is -2.34. The number of halogens is 1. The molecule has 0 radical (unpaired) electrons. The van der Waals surface area contributed by atoms with Gasteiger partial charge in [-0.15, -0.1) is 12.4 Å². The highest BCUT2D eigenvalue weighted by atomic mass is 35.5. The molecule has 2 atom stereocenters. The molecule has 8 heteroatoms. The van der Waals surface area contributed by atoms with E-state index in [1.54, 1.807) is 12.1 Å². The van der Waals surface area contributed by atoms with Gasteiger partial charge in [0.05, 0.1) is 4.92 Å². The molecule has 3 heterocycles. The van der Waals surface area contributed by atoms with Crippen LogP contribution < -0.4 is 10.2 Å². The van der Waals surface area contributed by atoms with Gasteiger partial charge < -0.3 is 15.1 Å². The quantitative estimate of drug-likeness (QED) is 0.629. The fourth-order valence-corrected chi connectivity index (χ4v) is 4.52. The first-order valence-corrected chi connectivity index (χ1v) is 9.56. The molecule has 7 nitrogen and oxygen atoms in total. The van der Waals surface area contributed by atoms with Crippen molar-refractivity contribution in [3.8, 4) is 0 Å². The number of hydrogen-bond donors (Lipinski definition) is 1. The zero-order chi connectivity index (χ0) is 18.3. The van der Waals surface area contributed by atoms with Crippen molar-refractivity contribution in [2.45, 2.75) is 19.8 Å². The number of carbonyl (C=O) groups excluding carboxylic acids is 1. The van der Waals surface area contributed by atoms with Crippen LogP contribution in [0.3, 0.4) is 0 Å². The van der Waals surface area contributed by atoms with Gasteiger partial charge in [0, 0.05) is 50.9 Å². The van der Waals surface area contributed by atoms with E-state index in [9.17, 15) is 14.9 Å². The number of carbonyl (C=O) groups is 1. The van der Waals surface area contributed by atoms with Crippen LogP contribution >= 0.6 is 12.4 Å². The van der Waals surface area contributed by atoms with Crippen molar-refractivity contribution < 1.29 is 9.72 Å². The van der Waals surface area contributed by atoms with Crippen molar-refractivity contribution in [2.24, 2.45) is 17.8 Å². The lowest BCUT2D eigenvalue weighted by molar-refractivity contribution is -0.384. The molecule has 148 valence electrons. The monoisotopic (exact) mass is 394 g/mol. The number of fused-ring (bicyclic) bond motifs is 1. The molecule has 0 saturated carbocycles. The van der Waals surface area contributed by atoms with Crippen molar-refractivity contribution in [3.05, 3.63) is 33.9 Å². The highest BCUT2D eigenvalue weighted by Gasteiger charge is 2.38. The summed E-state index contributed by atoms with van der Waals surface area (Å²) in [5.74, 6) is 1.61. The van der Waals surface area contributed by atoms with Gasteiger partial charge in [0.1, 0.15) is 5.69 Å². The molecule has 3 saturated heterocycles. The van der Waals surface area contributed by atoms with E-state index in [-0.39, 0.29) is 28.9 Å². The predicted molar refractivity (Wildman–Crippen MR) is 107 cm³/mol. The highest BCUT2D eigenvalue weighted by molar-refractivity contribution is 5.96. The average Bonchev–Trinajstić information content (AvgIpc) is 3.23. The second-order valence-electron chi connectivity index (χ2n) is 8.02. The molecule has 0 aromatic heterocycles. The number of nitrogens with zero attached hydrogens (tertiary/aromatic N) is 3. The third kappa shape index (κ3) is 3.89. The van der Waals surface area contributed by atoms with Crippen molar-refractivity contribution in [3.63, 3.8) is 0 Å². The average molecular weight is 395 g/mol. The number of hydrogen-bond acceptors (Lipinski definition) is 5. The van der Waals surface area contributed by atoms with Gasteiger partial charge in [-0.1, -0.05) is 6.92 Å². The number of amides is 1. The first kappa shape index (κ1) is 19.9. The maximum atomic E-state index is 12.9. The molecule has 0 aliphatic carbocycles. The molecule has 3 aliphatic heterocycles. The van der Waals surface area contributed by atoms with Crippen LogP contribution in [0, 0.1) is 27.9 Å². The van der Waals surface area contributed by atoms with Gasteiger partial charge in [-0.3, -0.25) is 14.9 Å². The van der Waals surface area contributed by atoms with Gasteiger partial charge in [-0.25, -0.2) is 0 Å². The molecule has 3 fully saturated rings. The van der Waals surface area contributed by atoms with Crippen LogP contribution in [0.15, 0.2) is 18.2 Å². The van der Waals surface area contributed by atoms with E-state index >= 15 is 0 Å². The molecule has 0 spiro atoms. The van der Waals surface area contributed by atoms with Crippen molar-refractivity contribution in [1.29, 1.82) is 0 Å². The van der Waals surface area contributed by atoms with Crippen molar-refractivity contribution in [1.82, 2.24) is 10.2 Å². The van der Waals surface area contributed by atoms with Crippen molar-refractivity contribution >= 4 is 29.7 Å². The lowest BCUT2D eigenvalue weighted by atomic mass is 9.98. The Morgan fingerprint density at radius 1 is 1.19 bits per heavy atom. The number of rotatable bonds is 3. The Kier molecular flexibility index (Phi) is 5.91. The summed E-state index contributed by atoms with van der Waals surface area (Å²) in [5, 5.41) is 15.0. The second kappa shape index (κ2) is 8.02. The van der Waals surface area contributed by atoms with Gasteiger partial charge in [-0.05, 0) is 42.7 Å². The van der Waals surface area contributed by atoms with Crippen molar-refractivity contribution in [2.75, 3.05) is 44.2 Å². The molecule has 1 N–H and O–H groups in total. The summed E-state index contributed by atoms with van der Waals surface area (Å²) < 4.78 is 0. The summed E-state index contributed by atoms with van der Waals surface area (Å²) in [7, 11) is 0. The molecule has 27 heavy (non-hydrogen) atoms. The van der Waals surface area contributed by atoms with Crippen LogP contribution in [0.4, 0.5) is 11.4 Å². The molecular weight excluding hydrogens is 368 g/mol. The summed E-state index contributed by atoms with van der Waals surface area (Å²) in [6, 6.07) is 5.00. The van der Waals surface area contributed by atoms with Gasteiger partial charge >= 0.3 is 0 Å². The summed E-state index contributed by atoms with van der Waals surface area (Å²) in [4.78, 5) is 28.1. The molecule has 0 unspecified atom stereocenters. The molecular formula is C19H27ClN4O3. The molecule has 1 aromatic carbocycles. The minimum Gasteiger partial charge on any atom is -0.366 e. The van der Waals surface area contributed by atoms with Crippen LogP contribution in [0.25, 0.3) is 0 Å². The normalized spacial score (nSPS) is 25.2. The van der Waals surface area contributed by atoms with Crippen LogP contribution in [-0.2, 0) is 0 Å². The highest BCUT2D eigenvalue weighted by Crippen LogP contribution is 2.34. The largest absolute Gasteiger partial charge is 0.366 e. The van der Waals surface area contributed by atoms with Gasteiger partial charge in [-0.2, -0.15) is 0 Å². The topological polar surface area (TPSA) is 78.7 Å². The van der Waals surface area contributed by atoms with E-state index in [4.69, 9.17) is 0 Å². The molecule has 1 amide bonds. The summed E-state index contributed by atoms with van der Waals surface area (Å²) in [6.45, 7) is 7.29. The number of nitro groups is 1. The second-order valence-corrected chi connectivity index (χ2v) is 8.02. The SMILES string of the molecule is CC1CCN(c2ccc(C(=O)N3C[C@H]4CNC[C@H]4C3)cc2[N+](=O)[O-])CC1.Cl. The Balaban J connectivity index is 0.00000210. The first-order valence-electron chi connectivity index (χ1n) is 9.56. The van der Waals surface area contributed by atoms with E-state index < -0.39 is 0 Å². The van der Waals surface area contributed by atoms with Gasteiger partial charge in [0.2, 0.25) is 0 Å². The van der Waals surface area contributed by atoms with E-state index in [0.29, 0.717) is 29.0 Å². The number of likely N-dealkylation sites (tertiary alicyclic amines) is 1. The fourth-order valence-electron chi connectivity index (χ4n) is 4.52. The third-order valence-electron chi connectivity index (χ3n) is 6.22. The van der Waals surface area contributed by atoms with Crippen LogP contribution in [-0.4, -0.2) is 55.0 Å². The standard InChI is InChI=1S/C19H26N4O3.ClH/c1-13-4-6-21(7-5-13)17-3-2-14(8-18(17)23(25)26)19(24)22-11-15-9-20-10-16(15)12-22;/h2-3,8,13,15-16,20H,4-7,9-12H2,1H3;1H/t15-,16+;. The Morgan fingerprint density at radius 3 is 2.41 bits per heavy atom. The minimum absolute atomic E-state index is 0. The maximum absolute atomic E-state index is 12.9. The minimum atomic E-state index is -0.354. The number of anilines is 1. The number of piperidine rings is 1. The Hall–Kier alpha value is -1.86. The third-order valence-corrected chi connectivity index (χ3v) is 6.22. The summed E-state index contributed by atoms with van der Waals surface area (Å²) in [5.41, 5.74) is 1.12. The lowest BCUT2D eigenvalue weighted by Gasteiger charge is -2.31. The van der Waals surface area contributed by atoms with Crippen LogP contribution in [0.1, 0.15) is 30.1 Å². The smallest absolute Gasteiger partial charge is 0.293 e. The van der Waals surface area contributed by atoms with Crippen LogP contribution in [0.2, 0.25) is 0 Å². The maximum Gasteiger partial charge on any atom is 0.293 e. The van der Waals surface area contributed by atoms with E-state index in [1.165, 1.54) is 6.07 Å². The molecule has 3 aliphatic rings. The fraction of sp³-hybridized carbons (Fsp3) is 0.632. The van der Waals surface area contributed by atoms with Gasteiger partial charge in [0.25, 0.3) is 11.6 Å². The summed E-state index contributed by atoms with van der Waals surface area (Å²) >= 11 is 0. The Morgan fingerprint density at radius 2 is 1.81 bits per heavy atom. The summed E-state index contributed by atoms with van der Waals surface area (Å²) in [6.07, 6.45) is 2.09. The zero-order valence-corrected chi connectivity index (χ0v) is 16.4. The van der Waals surface area contributed by atoms with E-state index in [2.05, 4.69) is 17.1 Å². The van der Waals surface area contributed by atoms with Crippen LogP contribution in [0.5, 0.6) is 0 Å². The number of nitro benzene ring substituents is 1.